The Hall–Kier alpha value is -4.25. The second-order valence-electron chi connectivity index (χ2n) is 10.6. The Morgan fingerprint density at radius 1 is 0.300 bits per heavy atom. The number of rotatable bonds is 6. The highest BCUT2D eigenvalue weighted by Gasteiger charge is 2.33. The highest BCUT2D eigenvalue weighted by molar-refractivity contribution is 7.80. The van der Waals surface area contributed by atoms with Crippen molar-refractivity contribution in [3.05, 3.63) is 162 Å². The van der Waals surface area contributed by atoms with Crippen molar-refractivity contribution >= 4 is 23.8 Å². The van der Waals surface area contributed by atoms with Gasteiger partial charge in [-0.3, -0.25) is 0 Å². The summed E-state index contributed by atoms with van der Waals surface area (Å²) in [5.74, 6) is 0. The molecule has 0 spiro atoms. The molecule has 0 aliphatic rings. The van der Waals surface area contributed by atoms with E-state index in [0.717, 1.165) is 0 Å². The first-order chi connectivity index (χ1) is 19.6. The summed E-state index contributed by atoms with van der Waals surface area (Å²) in [7, 11) is -1.44. The normalized spacial score (nSPS) is 11.1. The zero-order chi connectivity index (χ0) is 27.5. The van der Waals surface area contributed by atoms with Crippen LogP contribution in [0, 0.1) is 20.8 Å². The van der Waals surface area contributed by atoms with Crippen molar-refractivity contribution in [3.63, 3.8) is 0 Å². The Labute approximate surface area is 239 Å². The zero-order valence-corrected chi connectivity index (χ0v) is 24.4. The highest BCUT2D eigenvalue weighted by atomic mass is 31.1. The first-order valence-corrected chi connectivity index (χ1v) is 15.4. The van der Waals surface area contributed by atoms with E-state index < -0.39 is 7.92 Å². The van der Waals surface area contributed by atoms with E-state index in [2.05, 4.69) is 166 Å². The largest absolute Gasteiger partial charge is 0.110 e. The van der Waals surface area contributed by atoms with Gasteiger partial charge in [-0.15, -0.1) is 0 Å². The Morgan fingerprint density at radius 2 is 0.550 bits per heavy atom. The minimum Gasteiger partial charge on any atom is -0.0614 e. The monoisotopic (exact) mass is 533 g/mol. The maximum atomic E-state index is 2.36. The first-order valence-electron chi connectivity index (χ1n) is 13.9. The van der Waals surface area contributed by atoms with Gasteiger partial charge in [-0.05, 0) is 55.7 Å². The van der Waals surface area contributed by atoms with Crippen molar-refractivity contribution in [3.8, 4) is 33.4 Å². The minimum atomic E-state index is -1.44. The molecule has 0 nitrogen and oxygen atoms in total. The van der Waals surface area contributed by atoms with Crippen LogP contribution in [0.2, 0.25) is 0 Å². The number of hydrogen-bond acceptors (Lipinski definition) is 0. The molecule has 0 bridgehead atoms. The van der Waals surface area contributed by atoms with Crippen molar-refractivity contribution < 1.29 is 0 Å². The highest BCUT2D eigenvalue weighted by Crippen LogP contribution is 2.43. The Morgan fingerprint density at radius 3 is 0.825 bits per heavy atom. The molecule has 0 saturated heterocycles. The van der Waals surface area contributed by atoms with Crippen LogP contribution in [0.4, 0.5) is 0 Å². The van der Waals surface area contributed by atoms with Crippen LogP contribution in [0.25, 0.3) is 33.4 Å². The second kappa shape index (κ2) is 11.5. The van der Waals surface area contributed by atoms with Gasteiger partial charge in [-0.1, -0.05) is 144 Å². The smallest absolute Gasteiger partial charge is 0.0614 e. The molecule has 0 aliphatic carbocycles. The Balaban J connectivity index is 1.64. The molecule has 0 radical (unpaired) electrons. The van der Waals surface area contributed by atoms with Crippen molar-refractivity contribution in [1.29, 1.82) is 0 Å². The number of aryl methyl sites for hydroxylation is 3. The van der Waals surface area contributed by atoms with Gasteiger partial charge in [0.2, 0.25) is 0 Å². The van der Waals surface area contributed by atoms with Crippen molar-refractivity contribution in [1.82, 2.24) is 0 Å². The Bertz CT molecular complexity index is 1530. The molecular formula is C39H34P+. The van der Waals surface area contributed by atoms with Crippen molar-refractivity contribution in [2.75, 3.05) is 0 Å². The molecule has 0 amide bonds. The molecule has 6 rings (SSSR count). The summed E-state index contributed by atoms with van der Waals surface area (Å²) in [6.45, 7) is 6.46. The molecule has 0 heterocycles. The van der Waals surface area contributed by atoms with Gasteiger partial charge in [-0.2, -0.15) is 0 Å². The van der Waals surface area contributed by atoms with E-state index in [1.165, 1.54) is 66.0 Å². The molecule has 0 aliphatic heterocycles. The lowest BCUT2D eigenvalue weighted by Crippen LogP contribution is -2.25. The average molecular weight is 534 g/mol. The molecule has 0 saturated carbocycles. The van der Waals surface area contributed by atoms with E-state index >= 15 is 0 Å². The third-order valence-corrected chi connectivity index (χ3v) is 10.6. The van der Waals surface area contributed by atoms with Crippen LogP contribution in [0.3, 0.4) is 0 Å². The van der Waals surface area contributed by atoms with Gasteiger partial charge in [-0.25, -0.2) is 0 Å². The Kier molecular flexibility index (Phi) is 7.45. The van der Waals surface area contributed by atoms with Gasteiger partial charge in [0.15, 0.2) is 0 Å². The molecule has 1 heteroatoms. The van der Waals surface area contributed by atoms with Crippen molar-refractivity contribution in [2.45, 2.75) is 20.8 Å². The van der Waals surface area contributed by atoms with Crippen LogP contribution in [-0.2, 0) is 0 Å². The van der Waals surface area contributed by atoms with Gasteiger partial charge in [0.25, 0.3) is 0 Å². The fourth-order valence-electron chi connectivity index (χ4n) is 5.49. The molecule has 194 valence electrons. The lowest BCUT2D eigenvalue weighted by molar-refractivity contribution is 1.47. The first kappa shape index (κ1) is 26.0. The topological polar surface area (TPSA) is 0 Å². The summed E-state index contributed by atoms with van der Waals surface area (Å²) >= 11 is 0. The summed E-state index contributed by atoms with van der Waals surface area (Å²) in [6, 6.07) is 54.1. The van der Waals surface area contributed by atoms with E-state index in [1.54, 1.807) is 0 Å². The summed E-state index contributed by atoms with van der Waals surface area (Å²) in [4.78, 5) is 0. The quantitative estimate of drug-likeness (QED) is 0.187. The summed E-state index contributed by atoms with van der Waals surface area (Å²) in [5.41, 5.74) is 11.6. The van der Waals surface area contributed by atoms with Crippen LogP contribution >= 0.6 is 7.92 Å². The van der Waals surface area contributed by atoms with Crippen LogP contribution in [0.15, 0.2) is 146 Å². The van der Waals surface area contributed by atoms with E-state index in [1.807, 2.05) is 0 Å². The molecule has 0 unspecified atom stereocenters. The summed E-state index contributed by atoms with van der Waals surface area (Å²) in [6.07, 6.45) is 0. The maximum absolute atomic E-state index is 2.36. The fourth-order valence-corrected chi connectivity index (χ4v) is 8.64. The lowest BCUT2D eigenvalue weighted by atomic mass is 10.0. The molecule has 0 atom stereocenters. The molecule has 40 heavy (non-hydrogen) atoms. The summed E-state index contributed by atoms with van der Waals surface area (Å²) in [5, 5.41) is 4.24. The summed E-state index contributed by atoms with van der Waals surface area (Å²) < 4.78 is 0. The van der Waals surface area contributed by atoms with Gasteiger partial charge in [0, 0.05) is 16.7 Å². The van der Waals surface area contributed by atoms with Gasteiger partial charge >= 0.3 is 0 Å². The zero-order valence-electron chi connectivity index (χ0n) is 23.4. The minimum absolute atomic E-state index is 1.27. The van der Waals surface area contributed by atoms with E-state index in [-0.39, 0.29) is 0 Å². The molecule has 6 aromatic carbocycles. The fraction of sp³-hybridized carbons (Fsp3) is 0.0769. The van der Waals surface area contributed by atoms with Crippen molar-refractivity contribution in [2.24, 2.45) is 0 Å². The maximum Gasteiger partial charge on any atom is 0.110 e. The standard InChI is InChI=1S/C39H33P/c1-28-16-22-31(23-17-28)34-10-4-7-13-37(34)40(38-14-8-5-11-35(38)32-24-18-29(2)19-25-32)39-15-9-6-12-36(39)33-26-20-30(3)21-27-33/h4-27H,1-3H3/p+1. The molecule has 0 fully saturated rings. The van der Waals surface area contributed by atoms with Crippen LogP contribution in [0.5, 0.6) is 0 Å². The predicted octanol–water partition coefficient (Wildman–Crippen LogP) is 9.10. The third-order valence-electron chi connectivity index (χ3n) is 7.68. The molecule has 0 aromatic heterocycles. The molecule has 6 aromatic rings. The van der Waals surface area contributed by atoms with Gasteiger partial charge in [0.05, 0.1) is 0 Å². The van der Waals surface area contributed by atoms with E-state index in [4.69, 9.17) is 0 Å². The van der Waals surface area contributed by atoms with Crippen LogP contribution in [0.1, 0.15) is 16.7 Å². The van der Waals surface area contributed by atoms with Gasteiger partial charge in [0.1, 0.15) is 23.8 Å². The van der Waals surface area contributed by atoms with Crippen LogP contribution < -0.4 is 15.9 Å². The second-order valence-corrected chi connectivity index (χ2v) is 13.0. The third kappa shape index (κ3) is 5.29. The molecule has 0 N–H and O–H groups in total. The van der Waals surface area contributed by atoms with E-state index in [0.29, 0.717) is 0 Å². The predicted molar refractivity (Wildman–Crippen MR) is 177 cm³/mol. The lowest BCUT2D eigenvalue weighted by Gasteiger charge is -2.20. The van der Waals surface area contributed by atoms with E-state index in [9.17, 15) is 0 Å². The SMILES string of the molecule is Cc1ccc(-c2ccccc2[PH+](c2ccccc2-c2ccc(C)cc2)c2ccccc2-c2ccc(C)cc2)cc1. The number of hydrogen-bond donors (Lipinski definition) is 0. The van der Waals surface area contributed by atoms with Gasteiger partial charge < -0.3 is 0 Å². The van der Waals surface area contributed by atoms with Crippen LogP contribution in [-0.4, -0.2) is 0 Å². The molecular weight excluding hydrogens is 499 g/mol. The number of benzene rings is 6. The average Bonchev–Trinajstić information content (AvgIpc) is 3.00.